The van der Waals surface area contributed by atoms with E-state index >= 15 is 0 Å². The molecule has 0 aliphatic heterocycles. The number of aromatic nitrogens is 1. The van der Waals surface area contributed by atoms with Crippen LogP contribution in [0.2, 0.25) is 0 Å². The third kappa shape index (κ3) is 2.16. The van der Waals surface area contributed by atoms with Gasteiger partial charge in [-0.1, -0.05) is 0 Å². The molecule has 1 aliphatic rings. The van der Waals surface area contributed by atoms with Crippen molar-refractivity contribution in [2.75, 3.05) is 5.73 Å². The Balaban J connectivity index is 2.00. The summed E-state index contributed by atoms with van der Waals surface area (Å²) in [6.45, 7) is 0.310. The van der Waals surface area contributed by atoms with Gasteiger partial charge < -0.3 is 10.3 Å². The molecule has 1 saturated carbocycles. The van der Waals surface area contributed by atoms with E-state index in [-0.39, 0.29) is 12.0 Å². The summed E-state index contributed by atoms with van der Waals surface area (Å²) in [5, 5.41) is 0. The molecule has 3 nitrogen and oxygen atoms in total. The Morgan fingerprint density at radius 1 is 1.53 bits per heavy atom. The monoisotopic (exact) mass is 214 g/mol. The predicted octanol–water partition coefficient (Wildman–Crippen LogP) is 1.48. The Bertz CT molecular complexity index is 428. The van der Waals surface area contributed by atoms with Crippen LogP contribution in [0.4, 0.5) is 14.5 Å². The quantitative estimate of drug-likeness (QED) is 0.828. The standard InChI is InChI=1S/C10H12F2N2O/c11-10(12)5-7(10)3-4-14-6-8(13)1-2-9(14)15/h1-2,6-7H,3-5,13H2. The number of rotatable bonds is 3. The Kier molecular flexibility index (Phi) is 2.25. The first-order valence-corrected chi connectivity index (χ1v) is 4.83. The van der Waals surface area contributed by atoms with Crippen LogP contribution in [0.3, 0.4) is 0 Å². The number of aryl methyl sites for hydroxylation is 1. The maximum atomic E-state index is 12.6. The zero-order valence-corrected chi connectivity index (χ0v) is 8.12. The van der Waals surface area contributed by atoms with Crippen LogP contribution in [0.1, 0.15) is 12.8 Å². The van der Waals surface area contributed by atoms with E-state index in [1.54, 1.807) is 0 Å². The third-order valence-corrected chi connectivity index (χ3v) is 2.68. The van der Waals surface area contributed by atoms with E-state index in [0.29, 0.717) is 18.7 Å². The average molecular weight is 214 g/mol. The van der Waals surface area contributed by atoms with Gasteiger partial charge in [0, 0.05) is 36.8 Å². The molecule has 0 radical (unpaired) electrons. The molecule has 82 valence electrons. The van der Waals surface area contributed by atoms with Crippen molar-refractivity contribution in [2.24, 2.45) is 5.92 Å². The highest BCUT2D eigenvalue weighted by atomic mass is 19.3. The van der Waals surface area contributed by atoms with Crippen molar-refractivity contribution in [3.05, 3.63) is 28.7 Å². The van der Waals surface area contributed by atoms with Crippen LogP contribution in [-0.2, 0) is 6.54 Å². The molecule has 15 heavy (non-hydrogen) atoms. The number of halogens is 2. The van der Waals surface area contributed by atoms with Gasteiger partial charge in [0.25, 0.3) is 11.5 Å². The molecule has 2 rings (SSSR count). The van der Waals surface area contributed by atoms with Gasteiger partial charge >= 0.3 is 0 Å². The minimum absolute atomic E-state index is 0.0515. The maximum Gasteiger partial charge on any atom is 0.251 e. The lowest BCUT2D eigenvalue weighted by atomic mass is 10.3. The molecule has 5 heteroatoms. The van der Waals surface area contributed by atoms with Crippen LogP contribution in [0.25, 0.3) is 0 Å². The van der Waals surface area contributed by atoms with Crippen molar-refractivity contribution in [1.82, 2.24) is 4.57 Å². The summed E-state index contributed by atoms with van der Waals surface area (Å²) in [5.41, 5.74) is 5.76. The van der Waals surface area contributed by atoms with Crippen molar-refractivity contribution in [2.45, 2.75) is 25.3 Å². The highest BCUT2D eigenvalue weighted by Gasteiger charge is 2.55. The number of anilines is 1. The van der Waals surface area contributed by atoms with E-state index in [2.05, 4.69) is 0 Å². The van der Waals surface area contributed by atoms with Gasteiger partial charge in [0.15, 0.2) is 0 Å². The molecule has 1 fully saturated rings. The van der Waals surface area contributed by atoms with Crippen molar-refractivity contribution in [1.29, 1.82) is 0 Å². The summed E-state index contributed by atoms with van der Waals surface area (Å²) in [5.74, 6) is -3.07. The topological polar surface area (TPSA) is 48.0 Å². The summed E-state index contributed by atoms with van der Waals surface area (Å²) in [4.78, 5) is 11.3. The highest BCUT2D eigenvalue weighted by Crippen LogP contribution is 2.50. The van der Waals surface area contributed by atoms with Crippen molar-refractivity contribution in [3.8, 4) is 0 Å². The Morgan fingerprint density at radius 3 is 2.80 bits per heavy atom. The average Bonchev–Trinajstić information content (AvgIpc) is 2.76. The van der Waals surface area contributed by atoms with E-state index in [0.717, 1.165) is 0 Å². The molecule has 1 heterocycles. The molecule has 1 unspecified atom stereocenters. The molecule has 0 saturated heterocycles. The molecule has 1 atom stereocenters. The van der Waals surface area contributed by atoms with Crippen LogP contribution >= 0.6 is 0 Å². The van der Waals surface area contributed by atoms with Gasteiger partial charge in [0.05, 0.1) is 0 Å². The van der Waals surface area contributed by atoms with Gasteiger partial charge in [-0.25, -0.2) is 8.78 Å². The molecule has 0 amide bonds. The molecule has 0 bridgehead atoms. The van der Waals surface area contributed by atoms with Crippen LogP contribution in [-0.4, -0.2) is 10.5 Å². The number of pyridine rings is 1. The normalized spacial score (nSPS) is 22.7. The van der Waals surface area contributed by atoms with Crippen molar-refractivity contribution in [3.63, 3.8) is 0 Å². The molecular formula is C10H12F2N2O. The van der Waals surface area contributed by atoms with E-state index in [4.69, 9.17) is 5.73 Å². The maximum absolute atomic E-state index is 12.6. The largest absolute Gasteiger partial charge is 0.398 e. The molecule has 0 aromatic carbocycles. The van der Waals surface area contributed by atoms with E-state index < -0.39 is 11.8 Å². The van der Waals surface area contributed by atoms with Crippen LogP contribution in [0.5, 0.6) is 0 Å². The summed E-state index contributed by atoms with van der Waals surface area (Å²) in [6.07, 6.45) is 1.77. The minimum atomic E-state index is -2.51. The fraction of sp³-hybridized carbons (Fsp3) is 0.500. The first-order valence-electron chi connectivity index (χ1n) is 4.83. The number of nitrogen functional groups attached to an aromatic ring is 1. The third-order valence-electron chi connectivity index (χ3n) is 2.68. The number of alkyl halides is 2. The van der Waals surface area contributed by atoms with Crippen LogP contribution < -0.4 is 11.3 Å². The lowest BCUT2D eigenvalue weighted by Gasteiger charge is -2.05. The van der Waals surface area contributed by atoms with Gasteiger partial charge in [-0.2, -0.15) is 0 Å². The molecule has 2 N–H and O–H groups in total. The fourth-order valence-electron chi connectivity index (χ4n) is 1.60. The van der Waals surface area contributed by atoms with Gasteiger partial charge in [-0.3, -0.25) is 4.79 Å². The fourth-order valence-corrected chi connectivity index (χ4v) is 1.60. The van der Waals surface area contributed by atoms with Gasteiger partial charge in [-0.15, -0.1) is 0 Å². The highest BCUT2D eigenvalue weighted by molar-refractivity contribution is 5.33. The summed E-state index contributed by atoms with van der Waals surface area (Å²) in [7, 11) is 0. The van der Waals surface area contributed by atoms with Crippen LogP contribution in [0.15, 0.2) is 23.1 Å². The zero-order chi connectivity index (χ0) is 11.1. The van der Waals surface area contributed by atoms with Crippen molar-refractivity contribution >= 4 is 5.69 Å². The van der Waals surface area contributed by atoms with Gasteiger partial charge in [-0.05, 0) is 12.5 Å². The summed E-state index contributed by atoms with van der Waals surface area (Å²) in [6, 6.07) is 2.85. The Hall–Kier alpha value is -1.39. The zero-order valence-electron chi connectivity index (χ0n) is 8.12. The molecule has 0 spiro atoms. The second kappa shape index (κ2) is 3.32. The smallest absolute Gasteiger partial charge is 0.251 e. The van der Waals surface area contributed by atoms with Crippen molar-refractivity contribution < 1.29 is 8.78 Å². The molecular weight excluding hydrogens is 202 g/mol. The number of nitrogens with zero attached hydrogens (tertiary/aromatic N) is 1. The minimum Gasteiger partial charge on any atom is -0.398 e. The second-order valence-corrected chi connectivity index (χ2v) is 3.94. The van der Waals surface area contributed by atoms with E-state index in [1.807, 2.05) is 0 Å². The SMILES string of the molecule is Nc1ccc(=O)n(CCC2CC2(F)F)c1. The van der Waals surface area contributed by atoms with Gasteiger partial charge in [0.2, 0.25) is 0 Å². The molecule has 1 aromatic rings. The number of hydrogen-bond acceptors (Lipinski definition) is 2. The Morgan fingerprint density at radius 2 is 2.20 bits per heavy atom. The molecule has 1 aromatic heterocycles. The van der Waals surface area contributed by atoms with E-state index in [1.165, 1.54) is 22.9 Å². The lowest BCUT2D eigenvalue weighted by Crippen LogP contribution is -2.19. The second-order valence-electron chi connectivity index (χ2n) is 3.94. The van der Waals surface area contributed by atoms with Gasteiger partial charge in [0.1, 0.15) is 0 Å². The molecule has 1 aliphatic carbocycles. The summed E-state index contributed by atoms with van der Waals surface area (Å²) < 4.78 is 26.5. The lowest BCUT2D eigenvalue weighted by molar-refractivity contribution is 0.0960. The predicted molar refractivity (Wildman–Crippen MR) is 52.8 cm³/mol. The van der Waals surface area contributed by atoms with Crippen LogP contribution in [0, 0.1) is 5.92 Å². The Labute approximate surface area is 85.5 Å². The first-order chi connectivity index (χ1) is 6.99. The summed E-state index contributed by atoms with van der Waals surface area (Å²) >= 11 is 0. The number of hydrogen-bond donors (Lipinski definition) is 1. The first kappa shape index (κ1) is 10.1. The number of nitrogens with two attached hydrogens (primary N) is 1. The van der Waals surface area contributed by atoms with E-state index in [9.17, 15) is 13.6 Å².